The second-order valence-electron chi connectivity index (χ2n) is 3.36. The predicted octanol–water partition coefficient (Wildman–Crippen LogP) is 2.93. The van der Waals surface area contributed by atoms with Crippen LogP contribution in [0.2, 0.25) is 0 Å². The van der Waals surface area contributed by atoms with Gasteiger partial charge in [0.25, 0.3) is 5.92 Å². The highest BCUT2D eigenvalue weighted by Gasteiger charge is 2.33. The molecule has 1 heterocycles. The third-order valence-corrected chi connectivity index (χ3v) is 2.25. The molecule has 1 N–H and O–H groups in total. The van der Waals surface area contributed by atoms with Crippen molar-refractivity contribution in [3.8, 4) is 5.75 Å². The monoisotopic (exact) mass is 221 g/mol. The molecule has 16 heavy (non-hydrogen) atoms. The van der Waals surface area contributed by atoms with Crippen LogP contribution in [0.25, 0.3) is 0 Å². The molecule has 0 fully saturated rings. The Bertz CT molecular complexity index is 485. The number of aromatic hydroxyl groups is 1. The molecule has 1 aromatic carbocycles. The lowest BCUT2D eigenvalue weighted by Gasteiger charge is -2.16. The Morgan fingerprint density at radius 2 is 1.69 bits per heavy atom. The molecule has 0 amide bonds. The van der Waals surface area contributed by atoms with Gasteiger partial charge < -0.3 is 5.11 Å². The molecule has 0 radical (unpaired) electrons. The summed E-state index contributed by atoms with van der Waals surface area (Å²) in [4.78, 5) is 3.69. The van der Waals surface area contributed by atoms with Gasteiger partial charge in [-0.2, -0.15) is 8.78 Å². The highest BCUT2D eigenvalue weighted by atomic mass is 19.3. The van der Waals surface area contributed by atoms with Gasteiger partial charge in [-0.3, -0.25) is 4.98 Å². The summed E-state index contributed by atoms with van der Waals surface area (Å²) >= 11 is 0. The Hall–Kier alpha value is -1.97. The molecule has 0 saturated carbocycles. The number of benzene rings is 1. The van der Waals surface area contributed by atoms with Gasteiger partial charge >= 0.3 is 0 Å². The average molecular weight is 221 g/mol. The summed E-state index contributed by atoms with van der Waals surface area (Å²) in [5.41, 5.74) is -0.383. The van der Waals surface area contributed by atoms with E-state index in [1.54, 1.807) is 0 Å². The predicted molar refractivity (Wildman–Crippen MR) is 55.3 cm³/mol. The summed E-state index contributed by atoms with van der Waals surface area (Å²) in [5, 5.41) is 9.18. The van der Waals surface area contributed by atoms with Crippen LogP contribution >= 0.6 is 0 Å². The maximum atomic E-state index is 13.9. The van der Waals surface area contributed by atoms with E-state index < -0.39 is 5.92 Å². The molecule has 0 bridgehead atoms. The third kappa shape index (κ3) is 1.86. The first-order valence-corrected chi connectivity index (χ1v) is 4.68. The minimum Gasteiger partial charge on any atom is -0.508 e. The van der Waals surface area contributed by atoms with E-state index >= 15 is 0 Å². The number of alkyl halides is 2. The zero-order valence-corrected chi connectivity index (χ0v) is 8.27. The number of hydrogen-bond acceptors (Lipinski definition) is 2. The van der Waals surface area contributed by atoms with Crippen molar-refractivity contribution in [1.82, 2.24) is 4.98 Å². The van der Waals surface area contributed by atoms with E-state index in [2.05, 4.69) is 4.98 Å². The summed E-state index contributed by atoms with van der Waals surface area (Å²) in [7, 11) is 0. The van der Waals surface area contributed by atoms with E-state index in [-0.39, 0.29) is 16.9 Å². The largest absolute Gasteiger partial charge is 0.508 e. The molecule has 1 aromatic heterocycles. The van der Waals surface area contributed by atoms with Gasteiger partial charge in [0, 0.05) is 23.5 Å². The highest BCUT2D eigenvalue weighted by molar-refractivity contribution is 5.36. The van der Waals surface area contributed by atoms with Crippen molar-refractivity contribution in [2.45, 2.75) is 5.92 Å². The van der Waals surface area contributed by atoms with Crippen LogP contribution < -0.4 is 0 Å². The van der Waals surface area contributed by atoms with Crippen molar-refractivity contribution in [2.75, 3.05) is 0 Å². The van der Waals surface area contributed by atoms with Gasteiger partial charge in [0.1, 0.15) is 5.75 Å². The van der Waals surface area contributed by atoms with E-state index in [9.17, 15) is 13.9 Å². The first-order chi connectivity index (χ1) is 7.60. The quantitative estimate of drug-likeness (QED) is 0.845. The number of halogens is 2. The van der Waals surface area contributed by atoms with Crippen LogP contribution in [-0.4, -0.2) is 10.1 Å². The smallest absolute Gasteiger partial charge is 0.298 e. The minimum atomic E-state index is -3.12. The fraction of sp³-hybridized carbons (Fsp3) is 0.0833. The first-order valence-electron chi connectivity index (χ1n) is 4.68. The molecule has 2 aromatic rings. The molecule has 0 aliphatic rings. The van der Waals surface area contributed by atoms with Crippen molar-refractivity contribution >= 4 is 0 Å². The van der Waals surface area contributed by atoms with Gasteiger partial charge in [-0.1, -0.05) is 12.1 Å². The molecule has 0 unspecified atom stereocenters. The van der Waals surface area contributed by atoms with Crippen LogP contribution in [0.1, 0.15) is 11.1 Å². The lowest BCUT2D eigenvalue weighted by molar-refractivity contribution is 0.0425. The first kappa shape index (κ1) is 10.5. The molecule has 0 aliphatic carbocycles. The van der Waals surface area contributed by atoms with Crippen molar-refractivity contribution < 1.29 is 13.9 Å². The van der Waals surface area contributed by atoms with E-state index in [1.165, 1.54) is 42.7 Å². The Morgan fingerprint density at radius 1 is 1.00 bits per heavy atom. The fourth-order valence-electron chi connectivity index (χ4n) is 1.43. The molecule has 0 aliphatic heterocycles. The lowest BCUT2D eigenvalue weighted by Crippen LogP contribution is -2.14. The van der Waals surface area contributed by atoms with E-state index in [0.717, 1.165) is 6.07 Å². The van der Waals surface area contributed by atoms with Crippen molar-refractivity contribution in [1.29, 1.82) is 0 Å². The summed E-state index contributed by atoms with van der Waals surface area (Å²) in [6, 6.07) is 7.58. The van der Waals surface area contributed by atoms with Gasteiger partial charge in [-0.15, -0.1) is 0 Å². The van der Waals surface area contributed by atoms with Crippen LogP contribution in [0.4, 0.5) is 8.78 Å². The SMILES string of the molecule is Oc1cccc(C(F)(F)c2ccncc2)c1. The molecule has 2 nitrogen and oxygen atoms in total. The summed E-state index contributed by atoms with van der Waals surface area (Å²) in [6.07, 6.45) is 2.62. The minimum absolute atomic E-state index is 0.145. The van der Waals surface area contributed by atoms with E-state index in [4.69, 9.17) is 0 Å². The summed E-state index contributed by atoms with van der Waals surface area (Å²) < 4.78 is 27.9. The number of aromatic nitrogens is 1. The zero-order valence-electron chi connectivity index (χ0n) is 8.27. The van der Waals surface area contributed by atoms with Crippen molar-refractivity contribution in [2.24, 2.45) is 0 Å². The van der Waals surface area contributed by atoms with Crippen LogP contribution in [0.15, 0.2) is 48.8 Å². The third-order valence-electron chi connectivity index (χ3n) is 2.25. The average Bonchev–Trinajstić information content (AvgIpc) is 2.30. The maximum Gasteiger partial charge on any atom is 0.298 e. The molecular weight excluding hydrogens is 212 g/mol. The number of hydrogen-bond donors (Lipinski definition) is 1. The van der Waals surface area contributed by atoms with Crippen LogP contribution in [0.5, 0.6) is 5.75 Å². The highest BCUT2D eigenvalue weighted by Crippen LogP contribution is 2.36. The molecule has 0 spiro atoms. The number of phenols is 1. The zero-order chi connectivity index (χ0) is 11.6. The molecular formula is C12H9F2NO. The van der Waals surface area contributed by atoms with E-state index in [0.29, 0.717) is 0 Å². The Labute approximate surface area is 91.2 Å². The maximum absolute atomic E-state index is 13.9. The molecule has 0 atom stereocenters. The molecule has 4 heteroatoms. The van der Waals surface area contributed by atoms with Gasteiger partial charge in [0.2, 0.25) is 0 Å². The molecule has 0 saturated heterocycles. The number of phenolic OH excluding ortho intramolecular Hbond substituents is 1. The van der Waals surface area contributed by atoms with Crippen LogP contribution in [-0.2, 0) is 5.92 Å². The lowest BCUT2D eigenvalue weighted by atomic mass is 10.0. The Kier molecular flexibility index (Phi) is 2.56. The van der Waals surface area contributed by atoms with Gasteiger partial charge in [0.15, 0.2) is 0 Å². The molecule has 2 rings (SSSR count). The van der Waals surface area contributed by atoms with Gasteiger partial charge in [-0.25, -0.2) is 0 Å². The van der Waals surface area contributed by atoms with Crippen molar-refractivity contribution in [3.63, 3.8) is 0 Å². The Morgan fingerprint density at radius 3 is 2.31 bits per heavy atom. The fourth-order valence-corrected chi connectivity index (χ4v) is 1.43. The standard InChI is InChI=1S/C12H9F2NO/c13-12(14,9-4-6-15-7-5-9)10-2-1-3-11(16)8-10/h1-8,16H. The second kappa shape index (κ2) is 3.89. The summed E-state index contributed by atoms with van der Waals surface area (Å²) in [6.45, 7) is 0. The number of pyridine rings is 1. The topological polar surface area (TPSA) is 33.1 Å². The normalized spacial score (nSPS) is 11.4. The number of rotatable bonds is 2. The van der Waals surface area contributed by atoms with Gasteiger partial charge in [0.05, 0.1) is 0 Å². The van der Waals surface area contributed by atoms with Crippen LogP contribution in [0.3, 0.4) is 0 Å². The number of nitrogens with zero attached hydrogens (tertiary/aromatic N) is 1. The van der Waals surface area contributed by atoms with E-state index in [1.807, 2.05) is 0 Å². The second-order valence-corrected chi connectivity index (χ2v) is 3.36. The summed E-state index contributed by atoms with van der Waals surface area (Å²) in [5.74, 6) is -3.30. The van der Waals surface area contributed by atoms with Gasteiger partial charge in [-0.05, 0) is 24.3 Å². The van der Waals surface area contributed by atoms with Crippen molar-refractivity contribution in [3.05, 3.63) is 59.9 Å². The molecule has 82 valence electrons. The van der Waals surface area contributed by atoms with Crippen LogP contribution in [0, 0.1) is 0 Å². The Balaban J connectivity index is 2.47.